The molecule has 1 heterocycles. The Hall–Kier alpha value is -1.12. The molecule has 0 radical (unpaired) electrons. The topological polar surface area (TPSA) is 26.0 Å². The minimum Gasteiger partial charge on any atom is -0.324 e. The summed E-state index contributed by atoms with van der Waals surface area (Å²) in [6, 6.07) is 8.63. The summed E-state index contributed by atoms with van der Waals surface area (Å²) in [5, 5.41) is 3.52. The molecule has 0 saturated heterocycles. The lowest BCUT2D eigenvalue weighted by atomic mass is 10.0. The van der Waals surface area contributed by atoms with Crippen molar-refractivity contribution in [1.29, 1.82) is 0 Å². The first-order valence-electron chi connectivity index (χ1n) is 5.65. The van der Waals surface area contributed by atoms with Crippen molar-refractivity contribution in [3.05, 3.63) is 47.9 Å². The smallest absolute Gasteiger partial charge is 0.0346 e. The van der Waals surface area contributed by atoms with E-state index < -0.39 is 0 Å². The maximum absolute atomic E-state index is 6.22. The van der Waals surface area contributed by atoms with Crippen LogP contribution in [-0.4, -0.2) is 0 Å². The Morgan fingerprint density at radius 2 is 2.19 bits per heavy atom. The zero-order chi connectivity index (χ0) is 11.4. The van der Waals surface area contributed by atoms with Crippen LogP contribution in [0.1, 0.15) is 30.9 Å². The van der Waals surface area contributed by atoms with E-state index in [9.17, 15) is 0 Å². The van der Waals surface area contributed by atoms with Crippen LogP contribution in [0.25, 0.3) is 10.1 Å². The van der Waals surface area contributed by atoms with Gasteiger partial charge < -0.3 is 5.73 Å². The number of nitrogens with two attached hydrogens (primary N) is 1. The van der Waals surface area contributed by atoms with Crippen LogP contribution in [0.3, 0.4) is 0 Å². The molecule has 0 saturated carbocycles. The van der Waals surface area contributed by atoms with Gasteiger partial charge in [-0.05, 0) is 41.7 Å². The first-order valence-corrected chi connectivity index (χ1v) is 6.53. The summed E-state index contributed by atoms with van der Waals surface area (Å²) in [5.41, 5.74) is 7.51. The van der Waals surface area contributed by atoms with Crippen LogP contribution in [0, 0.1) is 0 Å². The summed E-state index contributed by atoms with van der Waals surface area (Å²) in [4.78, 5) is 0. The van der Waals surface area contributed by atoms with Crippen LogP contribution < -0.4 is 5.73 Å². The zero-order valence-electron chi connectivity index (χ0n) is 9.36. The highest BCUT2D eigenvalue weighted by Gasteiger charge is 2.10. The van der Waals surface area contributed by atoms with E-state index in [0.717, 1.165) is 19.3 Å². The molecule has 1 nitrogen and oxygen atoms in total. The van der Waals surface area contributed by atoms with Gasteiger partial charge in [0.05, 0.1) is 0 Å². The Balaban J connectivity index is 2.16. The Morgan fingerprint density at radius 3 is 3.00 bits per heavy atom. The molecule has 84 valence electrons. The van der Waals surface area contributed by atoms with Crippen molar-refractivity contribution in [1.82, 2.24) is 0 Å². The summed E-state index contributed by atoms with van der Waals surface area (Å²) >= 11 is 1.78. The lowest BCUT2D eigenvalue weighted by molar-refractivity contribution is 0.622. The lowest BCUT2D eigenvalue weighted by Gasteiger charge is -2.09. The van der Waals surface area contributed by atoms with Crippen molar-refractivity contribution in [3.63, 3.8) is 0 Å². The molecule has 2 N–H and O–H groups in total. The standard InChI is InChI=1S/C14H17NS/c1-2-3-4-8-13(15)12-10-16-14-9-6-5-7-11(12)14/h2,5-7,9-10,13H,1,3-4,8,15H2. The summed E-state index contributed by atoms with van der Waals surface area (Å²) in [6.45, 7) is 3.73. The van der Waals surface area contributed by atoms with Crippen LogP contribution in [0.5, 0.6) is 0 Å². The van der Waals surface area contributed by atoms with Crippen molar-refractivity contribution >= 4 is 21.4 Å². The Morgan fingerprint density at radius 1 is 1.38 bits per heavy atom. The summed E-state index contributed by atoms with van der Waals surface area (Å²) in [7, 11) is 0. The number of thiophene rings is 1. The van der Waals surface area contributed by atoms with E-state index in [1.807, 2.05) is 6.08 Å². The molecule has 2 aromatic rings. The third-order valence-corrected chi connectivity index (χ3v) is 3.82. The van der Waals surface area contributed by atoms with Gasteiger partial charge in [-0.25, -0.2) is 0 Å². The number of unbranched alkanes of at least 4 members (excludes halogenated alkanes) is 1. The van der Waals surface area contributed by atoms with E-state index in [4.69, 9.17) is 5.73 Å². The second kappa shape index (κ2) is 5.28. The van der Waals surface area contributed by atoms with Crippen LogP contribution in [0.4, 0.5) is 0 Å². The minimum absolute atomic E-state index is 0.163. The van der Waals surface area contributed by atoms with Gasteiger partial charge in [-0.2, -0.15) is 0 Å². The number of hydrogen-bond donors (Lipinski definition) is 1. The van der Waals surface area contributed by atoms with E-state index >= 15 is 0 Å². The third kappa shape index (κ3) is 2.34. The third-order valence-electron chi connectivity index (χ3n) is 2.83. The molecule has 0 fully saturated rings. The van der Waals surface area contributed by atoms with Crippen LogP contribution in [0.2, 0.25) is 0 Å². The first-order chi connectivity index (χ1) is 7.83. The van der Waals surface area contributed by atoms with E-state index in [1.54, 1.807) is 11.3 Å². The highest BCUT2D eigenvalue weighted by molar-refractivity contribution is 7.17. The SMILES string of the molecule is C=CCCCC(N)c1csc2ccccc12. The highest BCUT2D eigenvalue weighted by Crippen LogP contribution is 2.31. The summed E-state index contributed by atoms with van der Waals surface area (Å²) in [6.07, 6.45) is 5.16. The second-order valence-corrected chi connectivity index (χ2v) is 4.92. The zero-order valence-corrected chi connectivity index (χ0v) is 10.2. The van der Waals surface area contributed by atoms with Crippen LogP contribution >= 0.6 is 11.3 Å². The average Bonchev–Trinajstić information content (AvgIpc) is 2.73. The maximum atomic E-state index is 6.22. The molecule has 0 spiro atoms. The van der Waals surface area contributed by atoms with E-state index in [0.29, 0.717) is 0 Å². The predicted octanol–water partition coefficient (Wildman–Crippen LogP) is 4.26. The van der Waals surface area contributed by atoms with Gasteiger partial charge in [0.25, 0.3) is 0 Å². The van der Waals surface area contributed by atoms with E-state index in [-0.39, 0.29) is 6.04 Å². The monoisotopic (exact) mass is 231 g/mol. The predicted molar refractivity (Wildman–Crippen MR) is 72.8 cm³/mol. The number of hydrogen-bond acceptors (Lipinski definition) is 2. The fourth-order valence-corrected chi connectivity index (χ4v) is 2.95. The molecule has 0 aliphatic rings. The molecule has 0 aliphatic heterocycles. The largest absolute Gasteiger partial charge is 0.324 e. The average molecular weight is 231 g/mol. The van der Waals surface area contributed by atoms with Gasteiger partial charge in [-0.1, -0.05) is 24.3 Å². The molecule has 2 rings (SSSR count). The van der Waals surface area contributed by atoms with Crippen LogP contribution in [0.15, 0.2) is 42.3 Å². The van der Waals surface area contributed by atoms with Crippen molar-refractivity contribution in [2.24, 2.45) is 5.73 Å². The fourth-order valence-electron chi connectivity index (χ4n) is 1.92. The maximum Gasteiger partial charge on any atom is 0.0346 e. The van der Waals surface area contributed by atoms with Crippen molar-refractivity contribution in [2.75, 3.05) is 0 Å². The molecular formula is C14H17NS. The molecule has 1 aromatic heterocycles. The van der Waals surface area contributed by atoms with Gasteiger partial charge in [0.2, 0.25) is 0 Å². The number of fused-ring (bicyclic) bond motifs is 1. The molecular weight excluding hydrogens is 214 g/mol. The van der Waals surface area contributed by atoms with Gasteiger partial charge >= 0.3 is 0 Å². The molecule has 0 bridgehead atoms. The van der Waals surface area contributed by atoms with Gasteiger partial charge in [-0.3, -0.25) is 0 Å². The Kier molecular flexibility index (Phi) is 3.75. The minimum atomic E-state index is 0.163. The van der Waals surface area contributed by atoms with Crippen molar-refractivity contribution in [2.45, 2.75) is 25.3 Å². The van der Waals surface area contributed by atoms with Gasteiger partial charge in [0.1, 0.15) is 0 Å². The van der Waals surface area contributed by atoms with Crippen molar-refractivity contribution < 1.29 is 0 Å². The summed E-state index contributed by atoms with van der Waals surface area (Å²) in [5.74, 6) is 0. The normalized spacial score (nSPS) is 12.8. The second-order valence-electron chi connectivity index (χ2n) is 4.01. The van der Waals surface area contributed by atoms with E-state index in [2.05, 4.69) is 36.2 Å². The number of benzene rings is 1. The highest BCUT2D eigenvalue weighted by atomic mass is 32.1. The van der Waals surface area contributed by atoms with Crippen LogP contribution in [-0.2, 0) is 0 Å². The molecule has 0 amide bonds. The van der Waals surface area contributed by atoms with E-state index in [1.165, 1.54) is 15.6 Å². The number of rotatable bonds is 5. The van der Waals surface area contributed by atoms with Gasteiger partial charge in [-0.15, -0.1) is 17.9 Å². The fraction of sp³-hybridized carbons (Fsp3) is 0.286. The molecule has 16 heavy (non-hydrogen) atoms. The Bertz CT molecular complexity index is 472. The summed E-state index contributed by atoms with van der Waals surface area (Å²) < 4.78 is 1.33. The quantitative estimate of drug-likeness (QED) is 0.604. The Labute approximate surface area is 101 Å². The molecule has 2 heteroatoms. The number of allylic oxidation sites excluding steroid dienone is 1. The van der Waals surface area contributed by atoms with Crippen molar-refractivity contribution in [3.8, 4) is 0 Å². The van der Waals surface area contributed by atoms with Gasteiger partial charge in [0.15, 0.2) is 0 Å². The molecule has 1 aromatic carbocycles. The molecule has 1 atom stereocenters. The first kappa shape index (κ1) is 11.4. The molecule has 1 unspecified atom stereocenters. The molecule has 0 aliphatic carbocycles. The van der Waals surface area contributed by atoms with Gasteiger partial charge in [0, 0.05) is 10.7 Å². The lowest BCUT2D eigenvalue weighted by Crippen LogP contribution is -2.09.